The zero-order valence-electron chi connectivity index (χ0n) is 11.0. The summed E-state index contributed by atoms with van der Waals surface area (Å²) in [6.07, 6.45) is 1.05. The molecule has 3 heteroatoms. The Kier molecular flexibility index (Phi) is 4.24. The van der Waals surface area contributed by atoms with E-state index in [1.165, 1.54) is 5.56 Å². The van der Waals surface area contributed by atoms with Crippen molar-refractivity contribution in [3.63, 3.8) is 0 Å². The molecule has 0 amide bonds. The van der Waals surface area contributed by atoms with Gasteiger partial charge in [0.2, 0.25) is 0 Å². The average Bonchev–Trinajstić information content (AvgIpc) is 2.46. The fourth-order valence-electron chi connectivity index (χ4n) is 1.94. The lowest BCUT2D eigenvalue weighted by atomic mass is 10.1. The maximum Gasteiger partial charge on any atom is 0.0992 e. The molecule has 0 fully saturated rings. The predicted molar refractivity (Wildman–Crippen MR) is 82.7 cm³/mol. The van der Waals surface area contributed by atoms with Gasteiger partial charge >= 0.3 is 0 Å². The largest absolute Gasteiger partial charge is 0.344 e. The maximum absolute atomic E-state index is 8.88. The Morgan fingerprint density at radius 1 is 1.16 bits per heavy atom. The van der Waals surface area contributed by atoms with Crippen LogP contribution in [0, 0.1) is 11.3 Å². The molecule has 0 aliphatic rings. The summed E-state index contributed by atoms with van der Waals surface area (Å²) in [6, 6.07) is 16.3. The highest BCUT2D eigenvalue weighted by molar-refractivity contribution is 9.10. The van der Waals surface area contributed by atoms with Crippen molar-refractivity contribution in [3.05, 3.63) is 58.1 Å². The minimum Gasteiger partial charge on any atom is -0.344 e. The van der Waals surface area contributed by atoms with Crippen LogP contribution in [0.15, 0.2) is 46.9 Å². The first-order valence-electron chi connectivity index (χ1n) is 6.18. The second-order valence-electron chi connectivity index (χ2n) is 4.36. The van der Waals surface area contributed by atoms with E-state index in [9.17, 15) is 0 Å². The second-order valence-corrected chi connectivity index (χ2v) is 5.21. The van der Waals surface area contributed by atoms with Crippen molar-refractivity contribution in [1.82, 2.24) is 0 Å². The lowest BCUT2D eigenvalue weighted by Gasteiger charge is -2.21. The van der Waals surface area contributed by atoms with E-state index in [2.05, 4.69) is 58.1 Å². The standard InChI is InChI=1S/C16H15BrN2/c1-3-12-4-7-14(8-5-12)19(2)16-9-6-13(11-18)10-15(16)17/h4-10H,3H2,1-2H3. The van der Waals surface area contributed by atoms with Gasteiger partial charge in [0.15, 0.2) is 0 Å². The molecule has 96 valence electrons. The molecule has 0 spiro atoms. The highest BCUT2D eigenvalue weighted by Gasteiger charge is 2.08. The fraction of sp³-hybridized carbons (Fsp3) is 0.188. The second kappa shape index (κ2) is 5.90. The first-order valence-corrected chi connectivity index (χ1v) is 6.97. The van der Waals surface area contributed by atoms with Crippen LogP contribution in [0.4, 0.5) is 11.4 Å². The third-order valence-electron chi connectivity index (χ3n) is 3.17. The summed E-state index contributed by atoms with van der Waals surface area (Å²) in [4.78, 5) is 2.10. The molecule has 2 aromatic carbocycles. The highest BCUT2D eigenvalue weighted by Crippen LogP contribution is 2.31. The van der Waals surface area contributed by atoms with Gasteiger partial charge in [-0.2, -0.15) is 5.26 Å². The number of rotatable bonds is 3. The Morgan fingerprint density at radius 3 is 2.37 bits per heavy atom. The first kappa shape index (κ1) is 13.6. The van der Waals surface area contributed by atoms with Crippen LogP contribution in [0.5, 0.6) is 0 Å². The number of aryl methyl sites for hydroxylation is 1. The van der Waals surface area contributed by atoms with Crippen LogP contribution >= 0.6 is 15.9 Å². The molecule has 2 aromatic rings. The van der Waals surface area contributed by atoms with Crippen LogP contribution in [0.2, 0.25) is 0 Å². The molecule has 0 saturated heterocycles. The van der Waals surface area contributed by atoms with Crippen molar-refractivity contribution in [2.75, 3.05) is 11.9 Å². The van der Waals surface area contributed by atoms with E-state index in [0.717, 1.165) is 22.3 Å². The van der Waals surface area contributed by atoms with Gasteiger partial charge in [0.1, 0.15) is 0 Å². The Bertz CT molecular complexity index is 612. The molecule has 0 aliphatic carbocycles. The van der Waals surface area contributed by atoms with Crippen molar-refractivity contribution in [1.29, 1.82) is 5.26 Å². The summed E-state index contributed by atoms with van der Waals surface area (Å²) in [5.74, 6) is 0. The zero-order chi connectivity index (χ0) is 13.8. The molecule has 0 aliphatic heterocycles. The number of hydrogen-bond acceptors (Lipinski definition) is 2. The summed E-state index contributed by atoms with van der Waals surface area (Å²) < 4.78 is 0.925. The summed E-state index contributed by atoms with van der Waals surface area (Å²) in [5.41, 5.74) is 4.16. The average molecular weight is 315 g/mol. The predicted octanol–water partition coefficient (Wildman–Crippen LogP) is 4.65. The molecule has 19 heavy (non-hydrogen) atoms. The van der Waals surface area contributed by atoms with E-state index in [-0.39, 0.29) is 0 Å². The lowest BCUT2D eigenvalue weighted by molar-refractivity contribution is 1.13. The van der Waals surface area contributed by atoms with Crippen LogP contribution in [0.25, 0.3) is 0 Å². The van der Waals surface area contributed by atoms with Gasteiger partial charge in [-0.25, -0.2) is 0 Å². The number of nitriles is 1. The van der Waals surface area contributed by atoms with Crippen LogP contribution in [0.1, 0.15) is 18.1 Å². The van der Waals surface area contributed by atoms with Gasteiger partial charge in [-0.3, -0.25) is 0 Å². The van der Waals surface area contributed by atoms with E-state index in [4.69, 9.17) is 5.26 Å². The lowest BCUT2D eigenvalue weighted by Crippen LogP contribution is -2.10. The summed E-state index contributed by atoms with van der Waals surface area (Å²) in [7, 11) is 2.02. The molecule has 0 aromatic heterocycles. The topological polar surface area (TPSA) is 27.0 Å². The quantitative estimate of drug-likeness (QED) is 0.824. The van der Waals surface area contributed by atoms with Crippen LogP contribution in [-0.4, -0.2) is 7.05 Å². The third kappa shape index (κ3) is 2.97. The molecule has 0 unspecified atom stereocenters. The molecule has 0 atom stereocenters. The molecule has 0 heterocycles. The summed E-state index contributed by atoms with van der Waals surface area (Å²) in [5, 5.41) is 8.88. The van der Waals surface area contributed by atoms with Crippen molar-refractivity contribution in [2.24, 2.45) is 0 Å². The van der Waals surface area contributed by atoms with Gasteiger partial charge in [0.25, 0.3) is 0 Å². The van der Waals surface area contributed by atoms with E-state index in [0.29, 0.717) is 5.56 Å². The molecule has 0 bridgehead atoms. The van der Waals surface area contributed by atoms with Gasteiger partial charge in [-0.1, -0.05) is 19.1 Å². The Morgan fingerprint density at radius 2 is 1.84 bits per heavy atom. The SMILES string of the molecule is CCc1ccc(N(C)c2ccc(C#N)cc2Br)cc1. The Labute approximate surface area is 122 Å². The zero-order valence-corrected chi connectivity index (χ0v) is 12.6. The minimum absolute atomic E-state index is 0.658. The smallest absolute Gasteiger partial charge is 0.0992 e. The van der Waals surface area contributed by atoms with Gasteiger partial charge < -0.3 is 4.90 Å². The van der Waals surface area contributed by atoms with Crippen molar-refractivity contribution in [3.8, 4) is 6.07 Å². The van der Waals surface area contributed by atoms with Crippen molar-refractivity contribution < 1.29 is 0 Å². The number of benzene rings is 2. The number of anilines is 2. The Balaban J connectivity index is 2.33. The highest BCUT2D eigenvalue weighted by atomic mass is 79.9. The van der Waals surface area contributed by atoms with E-state index >= 15 is 0 Å². The molecule has 0 saturated carbocycles. The first-order chi connectivity index (χ1) is 9.15. The number of nitrogens with zero attached hydrogens (tertiary/aromatic N) is 2. The third-order valence-corrected chi connectivity index (χ3v) is 3.81. The van der Waals surface area contributed by atoms with Gasteiger partial charge in [-0.05, 0) is 58.2 Å². The van der Waals surface area contributed by atoms with Crippen LogP contribution < -0.4 is 4.90 Å². The van der Waals surface area contributed by atoms with E-state index in [1.807, 2.05) is 25.2 Å². The monoisotopic (exact) mass is 314 g/mol. The van der Waals surface area contributed by atoms with Gasteiger partial charge in [0.05, 0.1) is 17.3 Å². The van der Waals surface area contributed by atoms with Crippen molar-refractivity contribution >= 4 is 27.3 Å². The normalized spacial score (nSPS) is 10.0. The van der Waals surface area contributed by atoms with E-state index in [1.54, 1.807) is 0 Å². The summed E-state index contributed by atoms with van der Waals surface area (Å²) >= 11 is 3.52. The van der Waals surface area contributed by atoms with Crippen LogP contribution in [0.3, 0.4) is 0 Å². The van der Waals surface area contributed by atoms with Crippen LogP contribution in [-0.2, 0) is 6.42 Å². The van der Waals surface area contributed by atoms with Gasteiger partial charge in [0, 0.05) is 17.2 Å². The Hall–Kier alpha value is -1.79. The van der Waals surface area contributed by atoms with Gasteiger partial charge in [-0.15, -0.1) is 0 Å². The molecule has 2 rings (SSSR count). The van der Waals surface area contributed by atoms with E-state index < -0.39 is 0 Å². The molecule has 0 radical (unpaired) electrons. The maximum atomic E-state index is 8.88. The number of halogens is 1. The fourth-order valence-corrected chi connectivity index (χ4v) is 2.59. The molecular formula is C16H15BrN2. The summed E-state index contributed by atoms with van der Waals surface area (Å²) in [6.45, 7) is 2.15. The molecule has 2 nitrogen and oxygen atoms in total. The number of hydrogen-bond donors (Lipinski definition) is 0. The van der Waals surface area contributed by atoms with Crippen molar-refractivity contribution in [2.45, 2.75) is 13.3 Å². The minimum atomic E-state index is 0.658. The molecule has 0 N–H and O–H groups in total. The molecular weight excluding hydrogens is 300 g/mol.